The number of thiocarbonyl (C=S) groups is 1. The van der Waals surface area contributed by atoms with E-state index >= 15 is 0 Å². The third-order valence-corrected chi connectivity index (χ3v) is 3.03. The van der Waals surface area contributed by atoms with E-state index in [9.17, 15) is 0 Å². The average molecular weight is 299 g/mol. The van der Waals surface area contributed by atoms with Gasteiger partial charge in [0.25, 0.3) is 0 Å². The van der Waals surface area contributed by atoms with Crippen molar-refractivity contribution < 1.29 is 4.74 Å². The normalized spacial score (nSPS) is 10.3. The van der Waals surface area contributed by atoms with Gasteiger partial charge in [-0.2, -0.15) is 5.10 Å². The first-order chi connectivity index (χ1) is 10.3. The molecule has 0 aliphatic heterocycles. The minimum atomic E-state index is 0.481. The highest BCUT2D eigenvalue weighted by Crippen LogP contribution is 2.13. The molecule has 0 atom stereocenters. The van der Waals surface area contributed by atoms with Crippen LogP contribution in [0.4, 0.5) is 0 Å². The molecule has 0 spiro atoms. The van der Waals surface area contributed by atoms with Crippen LogP contribution in [0, 0.1) is 0 Å². The van der Waals surface area contributed by atoms with E-state index in [0.717, 1.165) is 16.9 Å². The summed E-state index contributed by atoms with van der Waals surface area (Å²) in [4.78, 5) is 0. The van der Waals surface area contributed by atoms with Gasteiger partial charge < -0.3 is 10.1 Å². The molecule has 0 radical (unpaired) electrons. The van der Waals surface area contributed by atoms with Crippen molar-refractivity contribution in [2.24, 2.45) is 5.10 Å². The van der Waals surface area contributed by atoms with E-state index in [1.165, 1.54) is 0 Å². The maximum atomic E-state index is 5.72. The summed E-state index contributed by atoms with van der Waals surface area (Å²) in [6, 6.07) is 17.8. The first-order valence-corrected chi connectivity index (χ1v) is 6.96. The molecular weight excluding hydrogens is 282 g/mol. The molecule has 0 unspecified atom stereocenters. The van der Waals surface area contributed by atoms with E-state index in [2.05, 4.69) is 15.8 Å². The van der Waals surface area contributed by atoms with Crippen molar-refractivity contribution in [3.8, 4) is 5.75 Å². The highest BCUT2D eigenvalue weighted by molar-refractivity contribution is 7.80. The first-order valence-electron chi connectivity index (χ1n) is 6.55. The molecule has 21 heavy (non-hydrogen) atoms. The molecule has 5 heteroatoms. The highest BCUT2D eigenvalue weighted by Gasteiger charge is 1.96. The SMILES string of the molecule is CNC(=S)N/N=C\c1ccc(OCc2ccccc2)cc1. The van der Waals surface area contributed by atoms with E-state index in [0.29, 0.717) is 11.7 Å². The summed E-state index contributed by atoms with van der Waals surface area (Å²) in [5.41, 5.74) is 4.81. The molecule has 0 aliphatic carbocycles. The van der Waals surface area contributed by atoms with Crippen LogP contribution in [-0.4, -0.2) is 18.4 Å². The lowest BCUT2D eigenvalue weighted by Gasteiger charge is -2.06. The largest absolute Gasteiger partial charge is 0.489 e. The molecule has 0 fully saturated rings. The number of rotatable bonds is 5. The fraction of sp³-hybridized carbons (Fsp3) is 0.125. The summed E-state index contributed by atoms with van der Waals surface area (Å²) in [5.74, 6) is 0.828. The fourth-order valence-electron chi connectivity index (χ4n) is 1.61. The Morgan fingerprint density at radius 3 is 2.52 bits per heavy atom. The molecule has 0 saturated carbocycles. The molecule has 108 valence electrons. The summed E-state index contributed by atoms with van der Waals surface area (Å²) < 4.78 is 5.72. The maximum absolute atomic E-state index is 5.72. The lowest BCUT2D eigenvalue weighted by atomic mass is 10.2. The van der Waals surface area contributed by atoms with Crippen LogP contribution in [0.25, 0.3) is 0 Å². The lowest BCUT2D eigenvalue weighted by Crippen LogP contribution is -2.28. The van der Waals surface area contributed by atoms with Crippen molar-refractivity contribution >= 4 is 23.5 Å². The Morgan fingerprint density at radius 1 is 1.14 bits per heavy atom. The van der Waals surface area contributed by atoms with Gasteiger partial charge in [-0.3, -0.25) is 5.43 Å². The molecule has 2 rings (SSSR count). The van der Waals surface area contributed by atoms with E-state index in [-0.39, 0.29) is 0 Å². The van der Waals surface area contributed by atoms with Crippen LogP contribution in [0.3, 0.4) is 0 Å². The van der Waals surface area contributed by atoms with E-state index in [1.807, 2.05) is 54.6 Å². The second-order valence-electron chi connectivity index (χ2n) is 4.29. The Labute approximate surface area is 129 Å². The zero-order valence-electron chi connectivity index (χ0n) is 11.7. The summed E-state index contributed by atoms with van der Waals surface area (Å²) in [7, 11) is 1.74. The number of nitrogens with one attached hydrogen (secondary N) is 2. The Bertz CT molecular complexity index is 597. The molecule has 4 nitrogen and oxygen atoms in total. The predicted molar refractivity (Wildman–Crippen MR) is 89.6 cm³/mol. The zero-order valence-corrected chi connectivity index (χ0v) is 12.6. The molecule has 0 bridgehead atoms. The van der Waals surface area contributed by atoms with Gasteiger partial charge in [0, 0.05) is 7.05 Å². The third-order valence-electron chi connectivity index (χ3n) is 2.74. The summed E-state index contributed by atoms with van der Waals surface area (Å²) >= 11 is 4.92. The van der Waals surface area contributed by atoms with E-state index < -0.39 is 0 Å². The maximum Gasteiger partial charge on any atom is 0.186 e. The first kappa shape index (κ1) is 15.0. The van der Waals surface area contributed by atoms with Gasteiger partial charge in [0.1, 0.15) is 12.4 Å². The lowest BCUT2D eigenvalue weighted by molar-refractivity contribution is 0.306. The highest BCUT2D eigenvalue weighted by atomic mass is 32.1. The molecule has 2 N–H and O–H groups in total. The molecule has 0 saturated heterocycles. The van der Waals surface area contributed by atoms with Crippen molar-refractivity contribution in [3.63, 3.8) is 0 Å². The van der Waals surface area contributed by atoms with Crippen molar-refractivity contribution in [1.29, 1.82) is 0 Å². The standard InChI is InChI=1S/C16H17N3OS/c1-17-16(21)19-18-11-13-7-9-15(10-8-13)20-12-14-5-3-2-4-6-14/h2-11H,12H2,1H3,(H2,17,19,21)/b18-11-. The van der Waals surface area contributed by atoms with Crippen molar-refractivity contribution in [1.82, 2.24) is 10.7 Å². The third kappa shape index (κ3) is 5.24. The Morgan fingerprint density at radius 2 is 1.86 bits per heavy atom. The molecule has 0 aliphatic rings. The van der Waals surface area contributed by atoms with Gasteiger partial charge in [-0.05, 0) is 47.6 Å². The van der Waals surface area contributed by atoms with Gasteiger partial charge >= 0.3 is 0 Å². The van der Waals surface area contributed by atoms with Crippen LogP contribution in [0.1, 0.15) is 11.1 Å². The minimum absolute atomic E-state index is 0.481. The molecule has 2 aromatic carbocycles. The second-order valence-corrected chi connectivity index (χ2v) is 4.70. The number of hydrazone groups is 1. The minimum Gasteiger partial charge on any atom is -0.489 e. The summed E-state index contributed by atoms with van der Waals surface area (Å²) in [5, 5.41) is 7.28. The molecule has 0 amide bonds. The Kier molecular flexibility index (Phi) is 5.72. The monoisotopic (exact) mass is 299 g/mol. The van der Waals surface area contributed by atoms with Crippen molar-refractivity contribution in [2.45, 2.75) is 6.61 Å². The van der Waals surface area contributed by atoms with Gasteiger partial charge in [0.2, 0.25) is 0 Å². The number of ether oxygens (including phenoxy) is 1. The van der Waals surface area contributed by atoms with Crippen LogP contribution in [-0.2, 0) is 6.61 Å². The molecule has 0 heterocycles. The second kappa shape index (κ2) is 8.01. The van der Waals surface area contributed by atoms with Crippen LogP contribution < -0.4 is 15.5 Å². The molecular formula is C16H17N3OS. The molecule has 0 aromatic heterocycles. The Balaban J connectivity index is 1.85. The van der Waals surface area contributed by atoms with Gasteiger partial charge in [0.05, 0.1) is 6.21 Å². The van der Waals surface area contributed by atoms with Crippen molar-refractivity contribution in [2.75, 3.05) is 7.05 Å². The zero-order chi connectivity index (χ0) is 14.9. The van der Waals surface area contributed by atoms with Crippen LogP contribution in [0.15, 0.2) is 59.7 Å². The van der Waals surface area contributed by atoms with Crippen molar-refractivity contribution in [3.05, 3.63) is 65.7 Å². The number of nitrogens with zero attached hydrogens (tertiary/aromatic N) is 1. The topological polar surface area (TPSA) is 45.7 Å². The number of hydrogen-bond acceptors (Lipinski definition) is 3. The van der Waals surface area contributed by atoms with E-state index in [4.69, 9.17) is 17.0 Å². The quantitative estimate of drug-likeness (QED) is 0.506. The number of benzene rings is 2. The average Bonchev–Trinajstić information content (AvgIpc) is 2.55. The van der Waals surface area contributed by atoms with Gasteiger partial charge in [-0.1, -0.05) is 30.3 Å². The summed E-state index contributed by atoms with van der Waals surface area (Å²) in [6.45, 7) is 0.562. The fourth-order valence-corrected chi connectivity index (χ4v) is 1.67. The van der Waals surface area contributed by atoms with Gasteiger partial charge in [-0.25, -0.2) is 0 Å². The van der Waals surface area contributed by atoms with Crippen LogP contribution in [0.2, 0.25) is 0 Å². The van der Waals surface area contributed by atoms with Gasteiger partial charge in [0.15, 0.2) is 5.11 Å². The van der Waals surface area contributed by atoms with E-state index in [1.54, 1.807) is 13.3 Å². The summed E-state index contributed by atoms with van der Waals surface area (Å²) in [6.07, 6.45) is 1.70. The van der Waals surface area contributed by atoms with Gasteiger partial charge in [-0.15, -0.1) is 0 Å². The van der Waals surface area contributed by atoms with Crippen LogP contribution in [0.5, 0.6) is 5.75 Å². The van der Waals surface area contributed by atoms with Crippen LogP contribution >= 0.6 is 12.2 Å². The Hall–Kier alpha value is -2.40. The smallest absolute Gasteiger partial charge is 0.186 e. The molecule has 2 aromatic rings. The number of hydrogen-bond donors (Lipinski definition) is 2. The predicted octanol–water partition coefficient (Wildman–Crippen LogP) is 2.69.